The lowest BCUT2D eigenvalue weighted by Gasteiger charge is -2.03. The zero-order chi connectivity index (χ0) is 13.0. The third kappa shape index (κ3) is 2.28. The lowest BCUT2D eigenvalue weighted by atomic mass is 10.3. The minimum atomic E-state index is -0.637. The molecule has 0 aliphatic carbocycles. The fourth-order valence-electron chi connectivity index (χ4n) is 1.29. The molecule has 0 radical (unpaired) electrons. The van der Waals surface area contributed by atoms with Gasteiger partial charge in [0.2, 0.25) is 10.6 Å². The number of hydrogen-bond acceptors (Lipinski definition) is 7. The second kappa shape index (κ2) is 4.97. The van der Waals surface area contributed by atoms with Crippen molar-refractivity contribution in [2.24, 2.45) is 5.11 Å². The molecule has 0 fully saturated rings. The maximum atomic E-state index is 11.2. The first kappa shape index (κ1) is 11.6. The Bertz CT molecular complexity index is 629. The van der Waals surface area contributed by atoms with Crippen LogP contribution in [0.4, 0.5) is 16.3 Å². The van der Waals surface area contributed by atoms with Gasteiger partial charge in [-0.15, -0.1) is 5.10 Å². The van der Waals surface area contributed by atoms with Crippen molar-refractivity contribution in [1.29, 1.82) is 5.53 Å². The fourth-order valence-corrected chi connectivity index (χ4v) is 1.29. The molecule has 3 N–H and O–H groups in total. The highest BCUT2D eigenvalue weighted by molar-refractivity contribution is 5.89. The van der Waals surface area contributed by atoms with Crippen LogP contribution in [0.2, 0.25) is 0 Å². The molecule has 0 aliphatic rings. The van der Waals surface area contributed by atoms with E-state index in [1.54, 1.807) is 6.92 Å². The van der Waals surface area contributed by atoms with Gasteiger partial charge in [0.25, 0.3) is 0 Å². The standard InChI is InChI=1S/C8H8N8O2/c1-2-18-8(17)11-5-3-4(12-15-9)6-7(10-5)14-16-13-6/h3H,2H2,1H3,(H2,9,11,12,17)/p+1. The Labute approximate surface area is 100.0 Å². The minimum Gasteiger partial charge on any atom is -0.450 e. The summed E-state index contributed by atoms with van der Waals surface area (Å²) in [6.07, 6.45) is -0.637. The van der Waals surface area contributed by atoms with Crippen LogP contribution in [0.1, 0.15) is 6.92 Å². The number of anilines is 1. The fraction of sp³-hybridized carbons (Fsp3) is 0.250. The molecule has 1 amide bonds. The smallest absolute Gasteiger partial charge is 0.412 e. The van der Waals surface area contributed by atoms with Crippen molar-refractivity contribution in [2.45, 2.75) is 6.92 Å². The predicted octanol–water partition coefficient (Wildman–Crippen LogP) is 1.10. The number of aromatic nitrogens is 4. The molecule has 10 nitrogen and oxygen atoms in total. The molecule has 2 rings (SSSR count). The van der Waals surface area contributed by atoms with Gasteiger partial charge in [0.15, 0.2) is 16.3 Å². The second-order valence-corrected chi connectivity index (χ2v) is 3.07. The van der Waals surface area contributed by atoms with Crippen molar-refractivity contribution >= 4 is 28.8 Å². The van der Waals surface area contributed by atoms with Crippen LogP contribution < -0.4 is 10.2 Å². The number of nitrogens with one attached hydrogen (secondary N) is 3. The topological polar surface area (TPSA) is 143 Å². The third-order valence-electron chi connectivity index (χ3n) is 1.94. The molecule has 0 atom stereocenters. The molecular weight excluding hydrogens is 240 g/mol. The molecule has 10 heteroatoms. The molecule has 0 saturated carbocycles. The summed E-state index contributed by atoms with van der Waals surface area (Å²) in [5.74, 6) is 0.192. The monoisotopic (exact) mass is 249 g/mol. The Morgan fingerprint density at radius 1 is 1.67 bits per heavy atom. The zero-order valence-corrected chi connectivity index (χ0v) is 9.34. The average Bonchev–Trinajstić information content (AvgIpc) is 2.78. The van der Waals surface area contributed by atoms with Crippen molar-refractivity contribution < 1.29 is 9.53 Å². The summed E-state index contributed by atoms with van der Waals surface area (Å²) in [7, 11) is 0. The van der Waals surface area contributed by atoms with Crippen molar-refractivity contribution in [3.05, 3.63) is 6.07 Å². The predicted molar refractivity (Wildman–Crippen MR) is 59.3 cm³/mol. The van der Waals surface area contributed by atoms with E-state index in [4.69, 9.17) is 10.3 Å². The van der Waals surface area contributed by atoms with E-state index in [0.29, 0.717) is 5.52 Å². The van der Waals surface area contributed by atoms with E-state index >= 15 is 0 Å². The number of fused-ring (bicyclic) bond motifs is 1. The molecule has 0 unspecified atom stereocenters. The van der Waals surface area contributed by atoms with Gasteiger partial charge >= 0.3 is 6.09 Å². The lowest BCUT2D eigenvalue weighted by molar-refractivity contribution is 0.168. The molecule has 92 valence electrons. The van der Waals surface area contributed by atoms with Crippen LogP contribution in [0.5, 0.6) is 0 Å². The molecular formula is C8H9N8O2+. The normalized spacial score (nSPS) is 9.83. The maximum Gasteiger partial charge on any atom is 0.412 e. The van der Waals surface area contributed by atoms with Crippen LogP contribution in [0.3, 0.4) is 0 Å². The van der Waals surface area contributed by atoms with Gasteiger partial charge in [0, 0.05) is 6.07 Å². The van der Waals surface area contributed by atoms with E-state index in [-0.39, 0.29) is 23.8 Å². The Kier molecular flexibility index (Phi) is 3.21. The highest BCUT2D eigenvalue weighted by atomic mass is 16.5. The largest absolute Gasteiger partial charge is 0.450 e. The van der Waals surface area contributed by atoms with E-state index < -0.39 is 6.09 Å². The van der Waals surface area contributed by atoms with E-state index in [0.717, 1.165) is 0 Å². The summed E-state index contributed by atoms with van der Waals surface area (Å²) in [5, 5.41) is 15.9. The Hall–Kier alpha value is -2.87. The third-order valence-corrected chi connectivity index (χ3v) is 1.94. The Balaban J connectivity index is 2.39. The Morgan fingerprint density at radius 3 is 3.22 bits per heavy atom. The number of rotatable bonds is 3. The molecule has 0 bridgehead atoms. The van der Waals surface area contributed by atoms with Crippen molar-refractivity contribution in [2.75, 3.05) is 11.9 Å². The first-order valence-electron chi connectivity index (χ1n) is 4.97. The van der Waals surface area contributed by atoms with Crippen LogP contribution in [-0.2, 0) is 4.74 Å². The molecule has 18 heavy (non-hydrogen) atoms. The minimum absolute atomic E-state index is 0.192. The number of aromatic amines is 1. The SMILES string of the molecule is CCOC(=O)Nc1cc(N=[N+]=N)c2n[nH]nc2n1. The van der Waals surface area contributed by atoms with E-state index in [9.17, 15) is 4.79 Å². The van der Waals surface area contributed by atoms with Crippen LogP contribution in [0, 0.1) is 5.53 Å². The zero-order valence-electron chi connectivity index (χ0n) is 9.34. The second-order valence-electron chi connectivity index (χ2n) is 3.07. The molecule has 0 aliphatic heterocycles. The van der Waals surface area contributed by atoms with Crippen molar-refractivity contribution in [3.8, 4) is 0 Å². The van der Waals surface area contributed by atoms with Gasteiger partial charge in [-0.1, -0.05) is 0 Å². The molecule has 0 aromatic carbocycles. The quantitative estimate of drug-likeness (QED) is 0.551. The first-order chi connectivity index (χ1) is 8.74. The van der Waals surface area contributed by atoms with Crippen LogP contribution in [-0.4, -0.2) is 33.1 Å². The van der Waals surface area contributed by atoms with Gasteiger partial charge in [-0.3, -0.25) is 5.32 Å². The van der Waals surface area contributed by atoms with Gasteiger partial charge in [0.05, 0.1) is 6.61 Å². The molecule has 0 spiro atoms. The van der Waals surface area contributed by atoms with Gasteiger partial charge < -0.3 is 4.74 Å². The van der Waals surface area contributed by atoms with E-state index in [2.05, 4.69) is 35.7 Å². The number of ether oxygens (including phenoxy) is 1. The highest BCUT2D eigenvalue weighted by Gasteiger charge is 2.14. The summed E-state index contributed by atoms with van der Waals surface area (Å²) < 4.78 is 4.71. The van der Waals surface area contributed by atoms with Gasteiger partial charge in [-0.2, -0.15) is 10.3 Å². The molecule has 2 aromatic heterocycles. The van der Waals surface area contributed by atoms with Crippen LogP contribution in [0.15, 0.2) is 11.2 Å². The highest BCUT2D eigenvalue weighted by Crippen LogP contribution is 2.24. The summed E-state index contributed by atoms with van der Waals surface area (Å²) in [5.41, 5.74) is 7.61. The van der Waals surface area contributed by atoms with E-state index in [1.165, 1.54) is 6.07 Å². The molecule has 2 heterocycles. The van der Waals surface area contributed by atoms with Crippen LogP contribution in [0.25, 0.3) is 11.2 Å². The molecule has 2 aromatic rings. The van der Waals surface area contributed by atoms with E-state index in [1.807, 2.05) is 0 Å². The van der Waals surface area contributed by atoms with Gasteiger partial charge in [0.1, 0.15) is 11.3 Å². The number of carbonyl (C=O) groups is 1. The lowest BCUT2D eigenvalue weighted by Crippen LogP contribution is -2.14. The Morgan fingerprint density at radius 2 is 2.50 bits per heavy atom. The summed E-state index contributed by atoms with van der Waals surface area (Å²) in [6, 6.07) is 1.42. The van der Waals surface area contributed by atoms with Gasteiger partial charge in [-0.25, -0.2) is 9.78 Å². The number of H-pyrrole nitrogens is 1. The van der Waals surface area contributed by atoms with Crippen molar-refractivity contribution in [1.82, 2.24) is 25.3 Å². The number of amides is 1. The van der Waals surface area contributed by atoms with Crippen LogP contribution >= 0.6 is 0 Å². The summed E-state index contributed by atoms with van der Waals surface area (Å²) in [4.78, 5) is 18.2. The summed E-state index contributed by atoms with van der Waals surface area (Å²) >= 11 is 0. The first-order valence-corrected chi connectivity index (χ1v) is 4.97. The number of hydrogen-bond donors (Lipinski definition) is 3. The number of pyridine rings is 1. The maximum absolute atomic E-state index is 11.2. The number of nitrogens with zero attached hydrogens (tertiary/aromatic N) is 5. The van der Waals surface area contributed by atoms with Gasteiger partial charge in [-0.05, 0) is 6.92 Å². The number of carbonyl (C=O) groups excluding carboxylic acids is 1. The summed E-state index contributed by atoms with van der Waals surface area (Å²) in [6.45, 7) is 1.94. The molecule has 0 saturated heterocycles. The average molecular weight is 249 g/mol. The van der Waals surface area contributed by atoms with Crippen molar-refractivity contribution in [3.63, 3.8) is 0 Å².